The monoisotopic (exact) mass is 230 g/mol. The van der Waals surface area contributed by atoms with E-state index in [2.05, 4.69) is 4.74 Å². The largest absolute Gasteiger partial charge is 0.434 e. The van der Waals surface area contributed by atoms with Crippen LogP contribution in [0.1, 0.15) is 26.3 Å². The molecule has 86 valence electrons. The number of ether oxygens (including phenoxy) is 1. The zero-order chi connectivity index (χ0) is 12.1. The molecule has 1 aromatic carbocycles. The Labute approximate surface area is 89.5 Å². The SMILES string of the molecule is O=Cc1cc(CO)c(C=O)c(OC(F)F)c1. The summed E-state index contributed by atoms with van der Waals surface area (Å²) in [5, 5.41) is 8.91. The molecule has 0 bridgehead atoms. The van der Waals surface area contributed by atoms with Crippen molar-refractivity contribution in [3.63, 3.8) is 0 Å². The van der Waals surface area contributed by atoms with Gasteiger partial charge < -0.3 is 9.84 Å². The summed E-state index contributed by atoms with van der Waals surface area (Å²) in [6.07, 6.45) is 0.698. The van der Waals surface area contributed by atoms with E-state index in [-0.39, 0.29) is 23.0 Å². The van der Waals surface area contributed by atoms with E-state index in [1.165, 1.54) is 6.07 Å². The van der Waals surface area contributed by atoms with Gasteiger partial charge in [0, 0.05) is 5.56 Å². The van der Waals surface area contributed by atoms with Crippen LogP contribution in [-0.2, 0) is 6.61 Å². The normalized spacial score (nSPS) is 10.2. The Hall–Kier alpha value is -1.82. The van der Waals surface area contributed by atoms with Gasteiger partial charge in [-0.3, -0.25) is 9.59 Å². The van der Waals surface area contributed by atoms with Crippen molar-refractivity contribution in [3.8, 4) is 5.75 Å². The average Bonchev–Trinajstić information content (AvgIpc) is 2.27. The van der Waals surface area contributed by atoms with Crippen LogP contribution in [0.25, 0.3) is 0 Å². The summed E-state index contributed by atoms with van der Waals surface area (Å²) in [6, 6.07) is 2.25. The molecule has 0 heterocycles. The minimum Gasteiger partial charge on any atom is -0.434 e. The molecule has 0 amide bonds. The van der Waals surface area contributed by atoms with Gasteiger partial charge in [0.25, 0.3) is 0 Å². The summed E-state index contributed by atoms with van der Waals surface area (Å²) in [7, 11) is 0. The number of benzene rings is 1. The van der Waals surface area contributed by atoms with Gasteiger partial charge in [-0.15, -0.1) is 0 Å². The summed E-state index contributed by atoms with van der Waals surface area (Å²) in [5.74, 6) is -0.418. The number of aldehydes is 2. The van der Waals surface area contributed by atoms with Gasteiger partial charge in [0.1, 0.15) is 12.0 Å². The maximum Gasteiger partial charge on any atom is 0.387 e. The number of hydrogen-bond donors (Lipinski definition) is 1. The van der Waals surface area contributed by atoms with Gasteiger partial charge >= 0.3 is 6.61 Å². The maximum atomic E-state index is 12.0. The molecule has 0 saturated carbocycles. The Balaban J connectivity index is 3.30. The maximum absolute atomic E-state index is 12.0. The fourth-order valence-corrected chi connectivity index (χ4v) is 1.23. The zero-order valence-corrected chi connectivity index (χ0v) is 8.02. The van der Waals surface area contributed by atoms with Crippen LogP contribution in [0.15, 0.2) is 12.1 Å². The topological polar surface area (TPSA) is 63.6 Å². The highest BCUT2D eigenvalue weighted by atomic mass is 19.3. The molecule has 0 aliphatic heterocycles. The molecule has 0 fully saturated rings. The predicted octanol–water partition coefficient (Wildman–Crippen LogP) is 1.41. The molecule has 0 spiro atoms. The fourth-order valence-electron chi connectivity index (χ4n) is 1.23. The fraction of sp³-hybridized carbons (Fsp3) is 0.200. The first-order valence-corrected chi connectivity index (χ1v) is 4.25. The molecule has 0 aliphatic rings. The minimum atomic E-state index is -3.10. The van der Waals surface area contributed by atoms with Crippen molar-refractivity contribution in [2.75, 3.05) is 0 Å². The molecular weight excluding hydrogens is 222 g/mol. The van der Waals surface area contributed by atoms with Gasteiger partial charge in [-0.1, -0.05) is 0 Å². The van der Waals surface area contributed by atoms with E-state index < -0.39 is 19.0 Å². The molecule has 1 rings (SSSR count). The Morgan fingerprint density at radius 3 is 2.44 bits per heavy atom. The van der Waals surface area contributed by atoms with E-state index in [4.69, 9.17) is 5.11 Å². The van der Waals surface area contributed by atoms with Crippen molar-refractivity contribution >= 4 is 12.6 Å². The number of alkyl halides is 2. The summed E-state index contributed by atoms with van der Waals surface area (Å²) < 4.78 is 28.1. The molecule has 6 heteroatoms. The Morgan fingerprint density at radius 1 is 1.31 bits per heavy atom. The van der Waals surface area contributed by atoms with Gasteiger partial charge in [-0.25, -0.2) is 0 Å². The third kappa shape index (κ3) is 2.60. The molecule has 16 heavy (non-hydrogen) atoms. The van der Waals surface area contributed by atoms with Crippen LogP contribution >= 0.6 is 0 Å². The van der Waals surface area contributed by atoms with Crippen LogP contribution in [0.2, 0.25) is 0 Å². The second-order valence-electron chi connectivity index (χ2n) is 2.86. The van der Waals surface area contributed by atoms with Crippen LogP contribution in [0.5, 0.6) is 5.75 Å². The summed E-state index contributed by atoms with van der Waals surface area (Å²) in [6.45, 7) is -3.65. The lowest BCUT2D eigenvalue weighted by Gasteiger charge is -2.10. The Morgan fingerprint density at radius 2 is 2.00 bits per heavy atom. The first kappa shape index (κ1) is 12.3. The van der Waals surface area contributed by atoms with E-state index in [0.717, 1.165) is 6.07 Å². The average molecular weight is 230 g/mol. The summed E-state index contributed by atoms with van der Waals surface area (Å²) in [5.41, 5.74) is -0.0750. The second-order valence-corrected chi connectivity index (χ2v) is 2.86. The number of halogens is 2. The van der Waals surface area contributed by atoms with E-state index in [9.17, 15) is 18.4 Å². The van der Waals surface area contributed by atoms with Crippen LogP contribution in [0.4, 0.5) is 8.78 Å². The number of carbonyl (C=O) groups is 2. The van der Waals surface area contributed by atoms with E-state index >= 15 is 0 Å². The molecule has 0 saturated heterocycles. The number of hydrogen-bond acceptors (Lipinski definition) is 4. The van der Waals surface area contributed by atoms with Crippen LogP contribution < -0.4 is 4.74 Å². The highest BCUT2D eigenvalue weighted by molar-refractivity contribution is 5.85. The lowest BCUT2D eigenvalue weighted by Crippen LogP contribution is -2.07. The predicted molar refractivity (Wildman–Crippen MR) is 49.8 cm³/mol. The van der Waals surface area contributed by atoms with Crippen molar-refractivity contribution in [3.05, 3.63) is 28.8 Å². The molecule has 4 nitrogen and oxygen atoms in total. The number of carbonyl (C=O) groups excluding carboxylic acids is 2. The van der Waals surface area contributed by atoms with E-state index in [0.29, 0.717) is 6.29 Å². The lowest BCUT2D eigenvalue weighted by molar-refractivity contribution is -0.0501. The number of aliphatic hydroxyl groups is 1. The molecule has 0 radical (unpaired) electrons. The highest BCUT2D eigenvalue weighted by Gasteiger charge is 2.14. The van der Waals surface area contributed by atoms with Crippen LogP contribution in [0, 0.1) is 0 Å². The number of aliphatic hydroxyl groups excluding tert-OH is 1. The van der Waals surface area contributed by atoms with Gasteiger partial charge in [0.2, 0.25) is 0 Å². The van der Waals surface area contributed by atoms with E-state index in [1.54, 1.807) is 0 Å². The molecular formula is C10H8F2O4. The van der Waals surface area contributed by atoms with Gasteiger partial charge in [0.05, 0.1) is 12.2 Å². The van der Waals surface area contributed by atoms with Crippen molar-refractivity contribution in [1.82, 2.24) is 0 Å². The van der Waals surface area contributed by atoms with Crippen molar-refractivity contribution in [2.24, 2.45) is 0 Å². The molecule has 0 aliphatic carbocycles. The first-order chi connectivity index (χ1) is 7.62. The molecule has 0 atom stereocenters. The Kier molecular flexibility index (Phi) is 4.07. The second kappa shape index (κ2) is 5.32. The van der Waals surface area contributed by atoms with Crippen LogP contribution in [-0.4, -0.2) is 24.3 Å². The third-order valence-electron chi connectivity index (χ3n) is 1.89. The highest BCUT2D eigenvalue weighted by Crippen LogP contribution is 2.24. The quantitative estimate of drug-likeness (QED) is 0.776. The van der Waals surface area contributed by atoms with Gasteiger partial charge in [-0.2, -0.15) is 8.78 Å². The molecule has 0 unspecified atom stereocenters. The van der Waals surface area contributed by atoms with Crippen molar-refractivity contribution < 1.29 is 28.2 Å². The van der Waals surface area contributed by atoms with Crippen molar-refractivity contribution in [1.29, 1.82) is 0 Å². The van der Waals surface area contributed by atoms with Gasteiger partial charge in [-0.05, 0) is 17.7 Å². The van der Waals surface area contributed by atoms with Crippen LogP contribution in [0.3, 0.4) is 0 Å². The smallest absolute Gasteiger partial charge is 0.387 e. The summed E-state index contributed by atoms with van der Waals surface area (Å²) >= 11 is 0. The summed E-state index contributed by atoms with van der Waals surface area (Å²) in [4.78, 5) is 21.2. The third-order valence-corrected chi connectivity index (χ3v) is 1.89. The molecule has 1 N–H and O–H groups in total. The Bertz CT molecular complexity index is 404. The first-order valence-electron chi connectivity index (χ1n) is 4.25. The zero-order valence-electron chi connectivity index (χ0n) is 8.02. The van der Waals surface area contributed by atoms with Gasteiger partial charge in [0.15, 0.2) is 6.29 Å². The standard InChI is InChI=1S/C10H8F2O4/c11-10(12)16-9-2-6(3-13)1-7(4-14)8(9)5-15/h1-3,5,10,14H,4H2. The number of rotatable bonds is 5. The lowest BCUT2D eigenvalue weighted by atomic mass is 10.0. The molecule has 0 aromatic heterocycles. The van der Waals surface area contributed by atoms with Crippen molar-refractivity contribution in [2.45, 2.75) is 13.2 Å². The van der Waals surface area contributed by atoms with E-state index in [1.807, 2.05) is 0 Å². The molecule has 1 aromatic rings. The minimum absolute atomic E-state index is 0.0466.